The molecule has 0 unspecified atom stereocenters. The van der Waals surface area contributed by atoms with Crippen molar-refractivity contribution < 1.29 is 0 Å². The van der Waals surface area contributed by atoms with Crippen molar-refractivity contribution in [1.82, 2.24) is 0 Å². The van der Waals surface area contributed by atoms with Gasteiger partial charge in [-0.05, 0) is 36.4 Å². The third-order valence-electron chi connectivity index (χ3n) is 2.91. The van der Waals surface area contributed by atoms with Crippen molar-refractivity contribution in [2.24, 2.45) is 0 Å². The number of hydrogen-bond donors (Lipinski definition) is 0. The largest absolute Gasteiger partial charge is 0.0997 e. The first-order valence-electron chi connectivity index (χ1n) is 5.36. The van der Waals surface area contributed by atoms with Crippen molar-refractivity contribution in [2.75, 3.05) is 13.3 Å². The molecule has 0 aliphatic rings. The lowest BCUT2D eigenvalue weighted by atomic mass is 10.4. The Labute approximate surface area is 120 Å². The van der Waals surface area contributed by atoms with Crippen LogP contribution >= 0.6 is 39.1 Å². The van der Waals surface area contributed by atoms with Gasteiger partial charge >= 0.3 is 0 Å². The molecule has 0 saturated carbocycles. The molecule has 0 aromatic heterocycles. The topological polar surface area (TPSA) is 0 Å². The Morgan fingerprint density at radius 2 is 1.18 bits per heavy atom. The lowest BCUT2D eigenvalue weighted by Gasteiger charge is -2.18. The van der Waals surface area contributed by atoms with Crippen molar-refractivity contribution in [1.29, 1.82) is 0 Å². The van der Waals surface area contributed by atoms with Crippen LogP contribution in [0.4, 0.5) is 0 Å². The van der Waals surface area contributed by atoms with Gasteiger partial charge in [0.05, 0.1) is 31.2 Å². The maximum absolute atomic E-state index is 3.55. The Hall–Kier alpha value is -0.170. The van der Waals surface area contributed by atoms with Gasteiger partial charge in [0.1, 0.15) is 0 Å². The number of hydrogen-bond acceptors (Lipinski definition) is 0. The Kier molecular flexibility index (Phi) is 4.07. The molecule has 2 rings (SSSR count). The van der Waals surface area contributed by atoms with Crippen LogP contribution in [0.2, 0.25) is 0 Å². The van der Waals surface area contributed by atoms with Crippen molar-refractivity contribution in [3.8, 4) is 0 Å². The third kappa shape index (κ3) is 2.99. The fourth-order valence-corrected chi connectivity index (χ4v) is 5.09. The first-order chi connectivity index (χ1) is 8.00. The summed E-state index contributed by atoms with van der Waals surface area (Å²) in [5, 5.41) is 2.84. The first-order valence-corrected chi connectivity index (χ1v) is 9.63. The van der Waals surface area contributed by atoms with Gasteiger partial charge in [0.2, 0.25) is 0 Å². The number of halogens is 2. The van der Waals surface area contributed by atoms with Crippen molar-refractivity contribution >= 4 is 49.7 Å². The summed E-state index contributed by atoms with van der Waals surface area (Å²) >= 11 is 7.10. The molecule has 0 saturated heterocycles. The molecule has 0 N–H and O–H groups in total. The summed E-state index contributed by atoms with van der Waals surface area (Å²) in [6.45, 7) is 4.72. The van der Waals surface area contributed by atoms with Crippen molar-refractivity contribution in [2.45, 2.75) is 0 Å². The lowest BCUT2D eigenvalue weighted by molar-refractivity contribution is 1.67. The zero-order chi connectivity index (χ0) is 12.5. The van der Waals surface area contributed by atoms with Gasteiger partial charge in [-0.1, -0.05) is 44.0 Å². The molecule has 2 aromatic carbocycles. The standard InChI is InChI=1S/C14H14Br2P/c1-17(2,13-7-3-5-11(15)9-13)14-8-4-6-12(16)10-14/h3-10H,1-2H3/q+1. The number of benzene rings is 2. The van der Waals surface area contributed by atoms with E-state index < -0.39 is 7.26 Å². The van der Waals surface area contributed by atoms with Gasteiger partial charge in [-0.2, -0.15) is 0 Å². The molecule has 0 radical (unpaired) electrons. The molecule has 0 atom stereocenters. The fraction of sp³-hybridized carbons (Fsp3) is 0.143. The first kappa shape index (κ1) is 13.3. The molecular formula is C14H14Br2P+. The summed E-state index contributed by atoms with van der Waals surface area (Å²) in [6.07, 6.45) is 0. The molecule has 0 spiro atoms. The Morgan fingerprint density at radius 3 is 1.53 bits per heavy atom. The van der Waals surface area contributed by atoms with E-state index in [-0.39, 0.29) is 0 Å². The highest BCUT2D eigenvalue weighted by Crippen LogP contribution is 2.48. The fourth-order valence-electron chi connectivity index (χ4n) is 1.80. The molecule has 0 fully saturated rings. The second kappa shape index (κ2) is 5.22. The Morgan fingerprint density at radius 1 is 0.765 bits per heavy atom. The van der Waals surface area contributed by atoms with Gasteiger partial charge in [-0.25, -0.2) is 0 Å². The van der Waals surface area contributed by atoms with E-state index in [4.69, 9.17) is 0 Å². The Bertz CT molecular complexity index is 488. The molecule has 2 aromatic rings. The predicted octanol–water partition coefficient (Wildman–Crippen LogP) is 4.44. The third-order valence-corrected chi connectivity index (χ3v) is 7.03. The van der Waals surface area contributed by atoms with E-state index in [2.05, 4.69) is 93.7 Å². The SMILES string of the molecule is C[P+](C)(c1cccc(Br)c1)c1cccc(Br)c1. The van der Waals surface area contributed by atoms with Crippen LogP contribution in [0.15, 0.2) is 57.5 Å². The van der Waals surface area contributed by atoms with E-state index in [0.717, 1.165) is 8.95 Å². The van der Waals surface area contributed by atoms with Crippen molar-refractivity contribution in [3.05, 3.63) is 57.5 Å². The van der Waals surface area contributed by atoms with Crippen LogP contribution < -0.4 is 10.6 Å². The summed E-state index contributed by atoms with van der Waals surface area (Å²) in [5.74, 6) is 0. The summed E-state index contributed by atoms with van der Waals surface area (Å²) in [4.78, 5) is 0. The van der Waals surface area contributed by atoms with E-state index in [1.54, 1.807) is 0 Å². The van der Waals surface area contributed by atoms with E-state index >= 15 is 0 Å². The Balaban J connectivity index is 2.49. The zero-order valence-corrected chi connectivity index (χ0v) is 13.9. The average Bonchev–Trinajstić information content (AvgIpc) is 2.29. The monoisotopic (exact) mass is 371 g/mol. The van der Waals surface area contributed by atoms with E-state index in [1.165, 1.54) is 10.6 Å². The minimum absolute atomic E-state index is 1.15. The van der Waals surface area contributed by atoms with E-state index in [0.29, 0.717) is 0 Å². The molecule has 0 aliphatic carbocycles. The highest BCUT2D eigenvalue weighted by Gasteiger charge is 2.31. The van der Waals surface area contributed by atoms with Gasteiger partial charge in [0.15, 0.2) is 0 Å². The summed E-state index contributed by atoms with van der Waals surface area (Å²) in [6, 6.07) is 17.3. The minimum Gasteiger partial charge on any atom is -0.0572 e. The van der Waals surface area contributed by atoms with Gasteiger partial charge in [0, 0.05) is 8.95 Å². The van der Waals surface area contributed by atoms with Gasteiger partial charge in [-0.15, -0.1) is 0 Å². The quantitative estimate of drug-likeness (QED) is 0.683. The molecule has 0 bridgehead atoms. The van der Waals surface area contributed by atoms with Crippen LogP contribution in [0.5, 0.6) is 0 Å². The van der Waals surface area contributed by atoms with Crippen molar-refractivity contribution in [3.63, 3.8) is 0 Å². The second-order valence-electron chi connectivity index (χ2n) is 4.41. The van der Waals surface area contributed by atoms with E-state index in [1.807, 2.05) is 0 Å². The molecule has 0 amide bonds. The molecule has 17 heavy (non-hydrogen) atoms. The van der Waals surface area contributed by atoms with Gasteiger partial charge in [0.25, 0.3) is 0 Å². The van der Waals surface area contributed by atoms with Crippen LogP contribution in [0.3, 0.4) is 0 Å². The molecule has 0 heterocycles. The van der Waals surface area contributed by atoms with Gasteiger partial charge < -0.3 is 0 Å². The lowest BCUT2D eigenvalue weighted by Crippen LogP contribution is -2.20. The molecular weight excluding hydrogens is 359 g/mol. The zero-order valence-electron chi connectivity index (χ0n) is 9.82. The van der Waals surface area contributed by atoms with Crippen LogP contribution in [0.25, 0.3) is 0 Å². The maximum atomic E-state index is 3.55. The maximum Gasteiger partial charge on any atom is 0.0997 e. The van der Waals surface area contributed by atoms with Crippen LogP contribution in [0.1, 0.15) is 0 Å². The average molecular weight is 373 g/mol. The normalized spacial score (nSPS) is 11.5. The summed E-state index contributed by atoms with van der Waals surface area (Å²) in [5.41, 5.74) is 0. The highest BCUT2D eigenvalue weighted by molar-refractivity contribution is 9.10. The predicted molar refractivity (Wildman–Crippen MR) is 86.3 cm³/mol. The smallest absolute Gasteiger partial charge is 0.0572 e. The summed E-state index contributed by atoms with van der Waals surface area (Å²) in [7, 11) is -1.26. The summed E-state index contributed by atoms with van der Waals surface area (Å²) < 4.78 is 2.30. The molecule has 3 heteroatoms. The van der Waals surface area contributed by atoms with Crippen LogP contribution in [0, 0.1) is 0 Å². The minimum atomic E-state index is -1.26. The second-order valence-corrected chi connectivity index (χ2v) is 10.2. The van der Waals surface area contributed by atoms with Gasteiger partial charge in [-0.3, -0.25) is 0 Å². The van der Waals surface area contributed by atoms with E-state index in [9.17, 15) is 0 Å². The molecule has 0 nitrogen and oxygen atoms in total. The molecule has 0 aliphatic heterocycles. The molecule has 88 valence electrons. The highest BCUT2D eigenvalue weighted by atomic mass is 79.9. The van der Waals surface area contributed by atoms with Crippen LogP contribution in [-0.4, -0.2) is 13.3 Å². The number of rotatable bonds is 2. The van der Waals surface area contributed by atoms with Crippen LogP contribution in [-0.2, 0) is 0 Å².